The zero-order chi connectivity index (χ0) is 23.2. The summed E-state index contributed by atoms with van der Waals surface area (Å²) in [7, 11) is 0. The van der Waals surface area contributed by atoms with Crippen LogP contribution in [0.2, 0.25) is 5.02 Å². The maximum Gasteiger partial charge on any atom is 0.247 e. The van der Waals surface area contributed by atoms with Crippen molar-refractivity contribution < 1.29 is 9.59 Å². The molecular weight excluding hydrogens is 457 g/mol. The van der Waals surface area contributed by atoms with E-state index >= 15 is 0 Å². The van der Waals surface area contributed by atoms with Gasteiger partial charge in [-0.3, -0.25) is 9.59 Å². The molecule has 0 aliphatic heterocycles. The lowest BCUT2D eigenvalue weighted by molar-refractivity contribution is -0.139. The van der Waals surface area contributed by atoms with Crippen LogP contribution in [-0.4, -0.2) is 40.2 Å². The summed E-state index contributed by atoms with van der Waals surface area (Å²) in [5, 5.41) is 4.90. The van der Waals surface area contributed by atoms with Crippen molar-refractivity contribution in [3.8, 4) is 0 Å². The van der Waals surface area contributed by atoms with Gasteiger partial charge in [0.1, 0.15) is 11.9 Å². The maximum absolute atomic E-state index is 13.5. The number of para-hydroxylation sites is 1. The number of H-pyrrole nitrogens is 1. The second-order valence-corrected chi connectivity index (χ2v) is 9.33. The monoisotopic (exact) mass is 485 g/mol. The molecular formula is C26H29Cl2N3O2. The van der Waals surface area contributed by atoms with Crippen LogP contribution in [0.1, 0.15) is 49.3 Å². The summed E-state index contributed by atoms with van der Waals surface area (Å²) in [4.78, 5) is 31.4. The Morgan fingerprint density at radius 2 is 1.79 bits per heavy atom. The van der Waals surface area contributed by atoms with Crippen molar-refractivity contribution in [1.82, 2.24) is 15.2 Å². The highest BCUT2D eigenvalue weighted by Crippen LogP contribution is 2.27. The Balaban J connectivity index is 1.61. The van der Waals surface area contributed by atoms with Gasteiger partial charge in [-0.15, -0.1) is 11.6 Å². The number of fused-ring (bicyclic) bond motifs is 1. The summed E-state index contributed by atoms with van der Waals surface area (Å²) in [6, 6.07) is 14.6. The molecule has 1 aliphatic rings. The van der Waals surface area contributed by atoms with Gasteiger partial charge < -0.3 is 15.2 Å². The summed E-state index contributed by atoms with van der Waals surface area (Å²) in [6.45, 7) is 0.374. The van der Waals surface area contributed by atoms with Crippen LogP contribution in [0.25, 0.3) is 10.9 Å². The molecule has 0 unspecified atom stereocenters. The van der Waals surface area contributed by atoms with Crippen LogP contribution in [0.5, 0.6) is 0 Å². The molecule has 1 aromatic heterocycles. The van der Waals surface area contributed by atoms with E-state index in [0.717, 1.165) is 47.7 Å². The van der Waals surface area contributed by atoms with Crippen molar-refractivity contribution in [2.75, 3.05) is 12.4 Å². The Kier molecular flexibility index (Phi) is 7.94. The van der Waals surface area contributed by atoms with Crippen LogP contribution in [-0.2, 0) is 16.0 Å². The number of aromatic nitrogens is 1. The first-order valence-electron chi connectivity index (χ1n) is 11.5. The summed E-state index contributed by atoms with van der Waals surface area (Å²) < 4.78 is 0. The number of nitrogens with zero attached hydrogens (tertiary/aromatic N) is 1. The highest BCUT2D eigenvalue weighted by Gasteiger charge is 2.32. The number of hydrogen-bond acceptors (Lipinski definition) is 2. The number of amides is 2. The molecule has 5 nitrogen and oxygen atoms in total. The van der Waals surface area contributed by atoms with E-state index < -0.39 is 6.04 Å². The second-order valence-electron chi connectivity index (χ2n) is 8.63. The Labute approximate surface area is 204 Å². The van der Waals surface area contributed by atoms with E-state index in [1.807, 2.05) is 36.5 Å². The minimum atomic E-state index is -0.763. The zero-order valence-electron chi connectivity index (χ0n) is 18.5. The van der Waals surface area contributed by atoms with E-state index in [2.05, 4.69) is 16.4 Å². The highest BCUT2D eigenvalue weighted by molar-refractivity contribution is 6.30. The Bertz CT molecular complexity index is 1090. The van der Waals surface area contributed by atoms with Crippen molar-refractivity contribution in [3.05, 3.63) is 70.9 Å². The lowest BCUT2D eigenvalue weighted by atomic mass is 9.94. The van der Waals surface area contributed by atoms with Crippen LogP contribution in [0.4, 0.5) is 0 Å². The molecule has 0 saturated heterocycles. The van der Waals surface area contributed by atoms with Gasteiger partial charge in [0.2, 0.25) is 11.8 Å². The first-order chi connectivity index (χ1) is 16.1. The predicted octanol–water partition coefficient (Wildman–Crippen LogP) is 5.62. The molecule has 2 amide bonds. The third-order valence-electron chi connectivity index (χ3n) is 6.43. The molecule has 7 heteroatoms. The number of carbonyl (C=O) groups excluding carboxylic acids is 2. The molecule has 2 aromatic carbocycles. The van der Waals surface area contributed by atoms with Crippen molar-refractivity contribution in [1.29, 1.82) is 0 Å². The topological polar surface area (TPSA) is 65.2 Å². The Hall–Kier alpha value is -2.50. The van der Waals surface area contributed by atoms with Gasteiger partial charge >= 0.3 is 0 Å². The van der Waals surface area contributed by atoms with Crippen molar-refractivity contribution in [2.24, 2.45) is 0 Å². The molecule has 0 spiro atoms. The van der Waals surface area contributed by atoms with Gasteiger partial charge in [0.05, 0.1) is 0 Å². The molecule has 4 rings (SSSR count). The number of benzene rings is 2. The smallest absolute Gasteiger partial charge is 0.247 e. The fourth-order valence-corrected chi connectivity index (χ4v) is 4.98. The normalized spacial score (nSPS) is 15.3. The molecule has 0 bridgehead atoms. The molecule has 3 aromatic rings. The minimum absolute atomic E-state index is 0.141. The lowest BCUT2D eigenvalue weighted by Crippen LogP contribution is -2.48. The quantitative estimate of drug-likeness (QED) is 0.406. The fraction of sp³-hybridized carbons (Fsp3) is 0.385. The van der Waals surface area contributed by atoms with Gasteiger partial charge in [-0.25, -0.2) is 0 Å². The maximum atomic E-state index is 13.5. The zero-order valence-corrected chi connectivity index (χ0v) is 20.0. The predicted molar refractivity (Wildman–Crippen MR) is 134 cm³/mol. The van der Waals surface area contributed by atoms with Gasteiger partial charge in [-0.1, -0.05) is 61.2 Å². The van der Waals surface area contributed by atoms with Crippen LogP contribution < -0.4 is 5.32 Å². The Morgan fingerprint density at radius 1 is 1.06 bits per heavy atom. The second kappa shape index (κ2) is 11.1. The number of aromatic amines is 1. The van der Waals surface area contributed by atoms with Gasteiger partial charge in [-0.2, -0.15) is 0 Å². The Morgan fingerprint density at radius 3 is 2.52 bits per heavy atom. The molecule has 1 fully saturated rings. The number of nitrogens with one attached hydrogen (secondary N) is 2. The molecule has 1 atom stereocenters. The molecule has 1 heterocycles. The van der Waals surface area contributed by atoms with Crippen LogP contribution >= 0.6 is 23.2 Å². The number of rotatable bonds is 8. The number of alkyl halides is 1. The standard InChI is InChI=1S/C26H29Cl2N3O2/c27-16-24(32)31(15-14-19-17-29-23-9-5-4-8-22(19)23)25(18-10-12-20(28)13-11-18)26(33)30-21-6-2-1-3-7-21/h4-5,8-13,17,21,25,29H,1-3,6-7,14-16H2,(H,30,33)/t25-/m0/s1. The fourth-order valence-electron chi connectivity index (χ4n) is 4.70. The van der Waals surface area contributed by atoms with Crippen LogP contribution in [0.15, 0.2) is 54.7 Å². The average molecular weight is 486 g/mol. The van der Waals surface area contributed by atoms with Gasteiger partial charge in [-0.05, 0) is 48.6 Å². The summed E-state index contributed by atoms with van der Waals surface area (Å²) in [5.41, 5.74) is 2.87. The van der Waals surface area contributed by atoms with E-state index in [0.29, 0.717) is 18.0 Å². The van der Waals surface area contributed by atoms with Crippen molar-refractivity contribution in [3.63, 3.8) is 0 Å². The van der Waals surface area contributed by atoms with E-state index in [1.54, 1.807) is 17.0 Å². The van der Waals surface area contributed by atoms with E-state index in [1.165, 1.54) is 6.42 Å². The van der Waals surface area contributed by atoms with E-state index in [9.17, 15) is 9.59 Å². The minimum Gasteiger partial charge on any atom is -0.361 e. The highest BCUT2D eigenvalue weighted by atomic mass is 35.5. The van der Waals surface area contributed by atoms with Crippen molar-refractivity contribution in [2.45, 2.75) is 50.6 Å². The largest absolute Gasteiger partial charge is 0.361 e. The third kappa shape index (κ3) is 5.71. The third-order valence-corrected chi connectivity index (χ3v) is 6.91. The molecule has 174 valence electrons. The SMILES string of the molecule is O=C(NC1CCCCC1)[C@H](c1ccc(Cl)cc1)N(CCc1c[nH]c2ccccc12)C(=O)CCl. The summed E-state index contributed by atoms with van der Waals surface area (Å²) >= 11 is 12.1. The first kappa shape index (κ1) is 23.7. The molecule has 1 aliphatic carbocycles. The molecule has 33 heavy (non-hydrogen) atoms. The van der Waals surface area contributed by atoms with Crippen LogP contribution in [0.3, 0.4) is 0 Å². The summed E-state index contributed by atoms with van der Waals surface area (Å²) in [5.74, 6) is -0.619. The molecule has 2 N–H and O–H groups in total. The van der Waals surface area contributed by atoms with Crippen molar-refractivity contribution >= 4 is 45.9 Å². The van der Waals surface area contributed by atoms with E-state index in [-0.39, 0.29) is 23.7 Å². The number of halogens is 2. The van der Waals surface area contributed by atoms with Gasteiger partial charge in [0.25, 0.3) is 0 Å². The van der Waals surface area contributed by atoms with Gasteiger partial charge in [0.15, 0.2) is 0 Å². The number of hydrogen-bond donors (Lipinski definition) is 2. The van der Waals surface area contributed by atoms with E-state index in [4.69, 9.17) is 23.2 Å². The lowest BCUT2D eigenvalue weighted by Gasteiger charge is -2.33. The first-order valence-corrected chi connectivity index (χ1v) is 12.4. The van der Waals surface area contributed by atoms with Gasteiger partial charge in [0, 0.05) is 34.7 Å². The van der Waals surface area contributed by atoms with Crippen LogP contribution in [0, 0.1) is 0 Å². The summed E-state index contributed by atoms with van der Waals surface area (Å²) in [6.07, 6.45) is 7.94. The average Bonchev–Trinajstić information content (AvgIpc) is 3.26. The number of carbonyl (C=O) groups is 2. The molecule has 1 saturated carbocycles. The molecule has 0 radical (unpaired) electrons.